The van der Waals surface area contributed by atoms with Gasteiger partial charge in [-0.05, 0) is 43.9 Å². The zero-order valence-electron chi connectivity index (χ0n) is 11.3. The number of carbonyl (C=O) groups excluding carboxylic acids is 1. The molecule has 0 bridgehead atoms. The zero-order valence-corrected chi connectivity index (χ0v) is 12.9. The van der Waals surface area contributed by atoms with E-state index in [4.69, 9.17) is 0 Å². The van der Waals surface area contributed by atoms with E-state index in [9.17, 15) is 4.79 Å². The zero-order chi connectivity index (χ0) is 13.2. The van der Waals surface area contributed by atoms with Gasteiger partial charge in [0.2, 0.25) is 5.91 Å². The Balaban J connectivity index is 0.00000147. The lowest BCUT2D eigenvalue weighted by molar-refractivity contribution is -0.115. The molecule has 1 aliphatic rings. The van der Waals surface area contributed by atoms with E-state index in [0.29, 0.717) is 11.7 Å². The summed E-state index contributed by atoms with van der Waals surface area (Å²) < 4.78 is 1.11. The number of fused-ring (bicyclic) bond motifs is 1. The summed E-state index contributed by atoms with van der Waals surface area (Å²) in [7, 11) is 0. The van der Waals surface area contributed by atoms with Crippen LogP contribution in [0.4, 0.5) is 5.13 Å². The van der Waals surface area contributed by atoms with Gasteiger partial charge >= 0.3 is 0 Å². The monoisotopic (exact) mass is 311 g/mol. The number of nitrogens with zero attached hydrogens (tertiary/aromatic N) is 1. The van der Waals surface area contributed by atoms with Crippen LogP contribution in [0, 0.1) is 12.8 Å². The van der Waals surface area contributed by atoms with E-state index < -0.39 is 0 Å². The van der Waals surface area contributed by atoms with Gasteiger partial charge in [-0.25, -0.2) is 4.98 Å². The summed E-state index contributed by atoms with van der Waals surface area (Å²) >= 11 is 1.52. The van der Waals surface area contributed by atoms with Gasteiger partial charge in [-0.1, -0.05) is 23.5 Å². The highest BCUT2D eigenvalue weighted by atomic mass is 35.5. The Labute approximate surface area is 128 Å². The fraction of sp³-hybridized carbons (Fsp3) is 0.429. The fourth-order valence-corrected chi connectivity index (χ4v) is 2.97. The number of aromatic nitrogens is 1. The lowest BCUT2D eigenvalue weighted by Gasteiger charge is -2.02. The molecule has 0 aliphatic heterocycles. The molecule has 6 heteroatoms. The Morgan fingerprint density at radius 3 is 2.95 bits per heavy atom. The molecular formula is C14H18ClN3OS. The minimum Gasteiger partial charge on any atom is -0.308 e. The van der Waals surface area contributed by atoms with Crippen LogP contribution in [0.15, 0.2) is 18.2 Å². The maximum Gasteiger partial charge on any atom is 0.240 e. The number of benzene rings is 1. The molecule has 108 valence electrons. The summed E-state index contributed by atoms with van der Waals surface area (Å²) in [6, 6.07) is 6.07. The molecule has 1 aromatic heterocycles. The summed E-state index contributed by atoms with van der Waals surface area (Å²) in [5.41, 5.74) is 2.12. The predicted molar refractivity (Wildman–Crippen MR) is 85.8 cm³/mol. The van der Waals surface area contributed by atoms with Crippen LogP contribution in [0.25, 0.3) is 10.2 Å². The van der Waals surface area contributed by atoms with Crippen LogP contribution < -0.4 is 10.6 Å². The Morgan fingerprint density at radius 2 is 2.25 bits per heavy atom. The highest BCUT2D eigenvalue weighted by molar-refractivity contribution is 7.22. The molecule has 1 amide bonds. The predicted octanol–water partition coefficient (Wildman–Crippen LogP) is 2.96. The number of thiazole rings is 1. The van der Waals surface area contributed by atoms with Crippen LogP contribution in [0.2, 0.25) is 0 Å². The molecule has 1 aliphatic carbocycles. The first-order valence-corrected chi connectivity index (χ1v) is 7.41. The number of hydrogen-bond acceptors (Lipinski definition) is 4. The Bertz CT molecular complexity index is 609. The molecule has 20 heavy (non-hydrogen) atoms. The Morgan fingerprint density at radius 1 is 1.45 bits per heavy atom. The van der Waals surface area contributed by atoms with E-state index in [1.165, 1.54) is 24.2 Å². The number of hydrogen-bond donors (Lipinski definition) is 2. The molecule has 1 saturated carbocycles. The topological polar surface area (TPSA) is 54.0 Å². The van der Waals surface area contributed by atoms with Crippen molar-refractivity contribution in [3.63, 3.8) is 0 Å². The fourth-order valence-electron chi connectivity index (χ4n) is 2.01. The summed E-state index contributed by atoms with van der Waals surface area (Å²) in [6.07, 6.45) is 2.59. The molecule has 4 nitrogen and oxygen atoms in total. The molecular weight excluding hydrogens is 294 g/mol. The highest BCUT2D eigenvalue weighted by Gasteiger charge is 2.20. The Kier molecular flexibility index (Phi) is 4.96. The van der Waals surface area contributed by atoms with Crippen LogP contribution in [0.3, 0.4) is 0 Å². The summed E-state index contributed by atoms with van der Waals surface area (Å²) in [4.78, 5) is 16.2. The molecule has 2 N–H and O–H groups in total. The molecule has 0 radical (unpaired) electrons. The first-order valence-electron chi connectivity index (χ1n) is 6.59. The molecule has 0 spiro atoms. The summed E-state index contributed by atoms with van der Waals surface area (Å²) in [5.74, 6) is 0.773. The standard InChI is InChI=1S/C14H17N3OS.ClH/c1-9-3-2-4-11-13(9)17-14(19-11)16-12(18)8-15-7-10-5-6-10;/h2-4,10,15H,5-8H2,1H3,(H,16,17,18);1H. The molecule has 3 rings (SSSR count). The van der Waals surface area contributed by atoms with Crippen LogP contribution in [0.5, 0.6) is 0 Å². The van der Waals surface area contributed by atoms with Gasteiger partial charge in [-0.15, -0.1) is 12.4 Å². The third-order valence-electron chi connectivity index (χ3n) is 3.28. The van der Waals surface area contributed by atoms with E-state index >= 15 is 0 Å². The Hall–Kier alpha value is -1.17. The van der Waals surface area contributed by atoms with Crippen molar-refractivity contribution in [1.82, 2.24) is 10.3 Å². The van der Waals surface area contributed by atoms with Gasteiger partial charge in [0.15, 0.2) is 5.13 Å². The minimum atomic E-state index is -0.0163. The van der Waals surface area contributed by atoms with Gasteiger partial charge in [0, 0.05) is 0 Å². The van der Waals surface area contributed by atoms with Crippen LogP contribution >= 0.6 is 23.7 Å². The van der Waals surface area contributed by atoms with Crippen molar-refractivity contribution in [2.45, 2.75) is 19.8 Å². The number of aryl methyl sites for hydroxylation is 1. The average molecular weight is 312 g/mol. The molecule has 1 heterocycles. The third-order valence-corrected chi connectivity index (χ3v) is 4.22. The van der Waals surface area contributed by atoms with Gasteiger partial charge in [0.25, 0.3) is 0 Å². The first-order chi connectivity index (χ1) is 9.22. The quantitative estimate of drug-likeness (QED) is 0.892. The van der Waals surface area contributed by atoms with E-state index in [1.54, 1.807) is 0 Å². The van der Waals surface area contributed by atoms with Gasteiger partial charge < -0.3 is 10.6 Å². The van der Waals surface area contributed by atoms with Crippen LogP contribution in [-0.2, 0) is 4.79 Å². The number of carbonyl (C=O) groups is 1. The van der Waals surface area contributed by atoms with Crippen LogP contribution in [0.1, 0.15) is 18.4 Å². The van der Waals surface area contributed by atoms with Gasteiger partial charge in [-0.3, -0.25) is 4.79 Å². The molecule has 0 saturated heterocycles. The van der Waals surface area contributed by atoms with Crippen molar-refractivity contribution >= 4 is 45.0 Å². The average Bonchev–Trinajstić information content (AvgIpc) is 3.09. The van der Waals surface area contributed by atoms with Crippen molar-refractivity contribution < 1.29 is 4.79 Å². The highest BCUT2D eigenvalue weighted by Crippen LogP contribution is 2.28. The number of amides is 1. The van der Waals surface area contributed by atoms with Crippen molar-refractivity contribution in [3.8, 4) is 0 Å². The number of halogens is 1. The molecule has 1 aromatic carbocycles. The molecule has 0 unspecified atom stereocenters. The molecule has 0 atom stereocenters. The summed E-state index contributed by atoms with van der Waals surface area (Å²) in [6.45, 7) is 3.35. The second-order valence-corrected chi connectivity index (χ2v) is 6.09. The number of nitrogens with one attached hydrogen (secondary N) is 2. The second-order valence-electron chi connectivity index (χ2n) is 5.06. The third kappa shape index (κ3) is 3.69. The maximum atomic E-state index is 11.8. The van der Waals surface area contributed by atoms with E-state index in [1.807, 2.05) is 25.1 Å². The van der Waals surface area contributed by atoms with E-state index in [0.717, 1.165) is 28.2 Å². The SMILES string of the molecule is Cc1cccc2sc(NC(=O)CNCC3CC3)nc12.Cl. The molecule has 1 fully saturated rings. The largest absolute Gasteiger partial charge is 0.308 e. The minimum absolute atomic E-state index is 0. The number of para-hydroxylation sites is 1. The van der Waals surface area contributed by atoms with Crippen LogP contribution in [-0.4, -0.2) is 24.0 Å². The van der Waals surface area contributed by atoms with Crippen molar-refractivity contribution in [2.75, 3.05) is 18.4 Å². The van der Waals surface area contributed by atoms with Crippen molar-refractivity contribution in [3.05, 3.63) is 23.8 Å². The van der Waals surface area contributed by atoms with Gasteiger partial charge in [-0.2, -0.15) is 0 Å². The lowest BCUT2D eigenvalue weighted by atomic mass is 10.2. The first kappa shape index (κ1) is 15.2. The smallest absolute Gasteiger partial charge is 0.240 e. The van der Waals surface area contributed by atoms with Crippen molar-refractivity contribution in [2.24, 2.45) is 5.92 Å². The summed E-state index contributed by atoms with van der Waals surface area (Å²) in [5, 5.41) is 6.72. The maximum absolute atomic E-state index is 11.8. The second kappa shape index (κ2) is 6.52. The molecule has 2 aromatic rings. The number of rotatable bonds is 5. The van der Waals surface area contributed by atoms with Gasteiger partial charge in [0.05, 0.1) is 16.8 Å². The van der Waals surface area contributed by atoms with Crippen molar-refractivity contribution in [1.29, 1.82) is 0 Å². The normalized spacial score (nSPS) is 14.1. The van der Waals surface area contributed by atoms with E-state index in [-0.39, 0.29) is 18.3 Å². The van der Waals surface area contributed by atoms with Gasteiger partial charge in [0.1, 0.15) is 0 Å². The van der Waals surface area contributed by atoms with E-state index in [2.05, 4.69) is 15.6 Å². The number of anilines is 1. The lowest BCUT2D eigenvalue weighted by Crippen LogP contribution is -2.29.